The lowest BCUT2D eigenvalue weighted by Crippen LogP contribution is -2.54. The van der Waals surface area contributed by atoms with Gasteiger partial charge in [0.25, 0.3) is 0 Å². The van der Waals surface area contributed by atoms with E-state index in [0.29, 0.717) is 6.61 Å². The molecule has 2 atom stereocenters. The van der Waals surface area contributed by atoms with Gasteiger partial charge in [-0.1, -0.05) is 13.8 Å². The summed E-state index contributed by atoms with van der Waals surface area (Å²) in [7, 11) is 0. The molecule has 5 heteroatoms. The first-order valence-electron chi connectivity index (χ1n) is 5.88. The summed E-state index contributed by atoms with van der Waals surface area (Å²) in [5.41, 5.74) is -0.756. The van der Waals surface area contributed by atoms with Crippen molar-refractivity contribution in [2.24, 2.45) is 5.92 Å². The van der Waals surface area contributed by atoms with Gasteiger partial charge in [0.05, 0.1) is 12.0 Å². The van der Waals surface area contributed by atoms with Gasteiger partial charge in [-0.3, -0.25) is 9.59 Å². The van der Waals surface area contributed by atoms with Gasteiger partial charge in [0, 0.05) is 6.61 Å². The topological polar surface area (TPSA) is 75.6 Å². The number of carboxylic acids is 1. The van der Waals surface area contributed by atoms with Gasteiger partial charge in [0.15, 0.2) is 0 Å². The van der Waals surface area contributed by atoms with E-state index in [-0.39, 0.29) is 18.2 Å². The van der Waals surface area contributed by atoms with Crippen molar-refractivity contribution in [2.45, 2.75) is 52.7 Å². The number of ether oxygens (including phenoxy) is 1. The smallest absolute Gasteiger partial charge is 0.305 e. The Balaban J connectivity index is 4.65. The van der Waals surface area contributed by atoms with E-state index in [4.69, 9.17) is 9.84 Å². The van der Waals surface area contributed by atoms with Gasteiger partial charge < -0.3 is 15.2 Å². The minimum Gasteiger partial charge on any atom is -0.481 e. The van der Waals surface area contributed by atoms with Crippen LogP contribution in [0.2, 0.25) is 0 Å². The highest BCUT2D eigenvalue weighted by Crippen LogP contribution is 2.21. The van der Waals surface area contributed by atoms with Crippen molar-refractivity contribution in [3.05, 3.63) is 0 Å². The molecule has 0 fully saturated rings. The Hall–Kier alpha value is -1.10. The molecule has 2 N–H and O–H groups in total. The molecule has 2 unspecified atom stereocenters. The Kier molecular flexibility index (Phi) is 6.16. The predicted octanol–water partition coefficient (Wildman–Crippen LogP) is 1.42. The monoisotopic (exact) mass is 245 g/mol. The summed E-state index contributed by atoms with van der Waals surface area (Å²) in [6.07, 6.45) is -0.665. The summed E-state index contributed by atoms with van der Waals surface area (Å²) in [5, 5.41) is 11.6. The van der Waals surface area contributed by atoms with Crippen LogP contribution >= 0.6 is 0 Å². The van der Waals surface area contributed by atoms with Crippen LogP contribution in [-0.2, 0) is 14.3 Å². The van der Waals surface area contributed by atoms with Gasteiger partial charge in [-0.25, -0.2) is 0 Å². The molecule has 5 nitrogen and oxygen atoms in total. The molecule has 0 saturated heterocycles. The van der Waals surface area contributed by atoms with Gasteiger partial charge >= 0.3 is 5.97 Å². The molecule has 0 aromatic rings. The zero-order chi connectivity index (χ0) is 13.6. The Morgan fingerprint density at radius 1 is 1.35 bits per heavy atom. The number of carbonyl (C=O) groups is 2. The fraction of sp³-hybridized carbons (Fsp3) is 0.833. The average Bonchev–Trinajstić information content (AvgIpc) is 2.16. The number of carbonyl (C=O) groups excluding carboxylic acids is 1. The van der Waals surface area contributed by atoms with E-state index >= 15 is 0 Å². The van der Waals surface area contributed by atoms with Gasteiger partial charge in [-0.15, -0.1) is 0 Å². The summed E-state index contributed by atoms with van der Waals surface area (Å²) in [6.45, 7) is 9.42. The maximum absolute atomic E-state index is 11.8. The van der Waals surface area contributed by atoms with Crippen molar-refractivity contribution in [3.63, 3.8) is 0 Å². The minimum atomic E-state index is -0.925. The van der Waals surface area contributed by atoms with Crippen LogP contribution in [0.25, 0.3) is 0 Å². The Morgan fingerprint density at radius 3 is 2.24 bits per heavy atom. The molecular formula is C12H23NO4. The summed E-state index contributed by atoms with van der Waals surface area (Å²) in [6, 6.07) is 0. The number of rotatable bonds is 7. The van der Waals surface area contributed by atoms with Crippen LogP contribution in [-0.4, -0.2) is 35.2 Å². The van der Waals surface area contributed by atoms with E-state index in [0.717, 1.165) is 0 Å². The van der Waals surface area contributed by atoms with E-state index < -0.39 is 17.6 Å². The second kappa shape index (κ2) is 6.59. The number of aliphatic carboxylic acids is 1. The SMILES string of the molecule is CCOC(C)C(=O)NC(C)(CC(=O)O)C(C)C. The zero-order valence-electron chi connectivity index (χ0n) is 11.2. The third kappa shape index (κ3) is 5.17. The highest BCUT2D eigenvalue weighted by Gasteiger charge is 2.34. The molecule has 1 amide bonds. The second-order valence-corrected chi connectivity index (χ2v) is 4.73. The molecule has 0 spiro atoms. The Morgan fingerprint density at radius 2 is 1.88 bits per heavy atom. The number of carboxylic acid groups (broad SMARTS) is 1. The minimum absolute atomic E-state index is 0.0244. The molecule has 17 heavy (non-hydrogen) atoms. The van der Waals surface area contributed by atoms with Crippen LogP contribution in [0.3, 0.4) is 0 Å². The lowest BCUT2D eigenvalue weighted by Gasteiger charge is -2.34. The zero-order valence-corrected chi connectivity index (χ0v) is 11.2. The molecule has 0 aliphatic heterocycles. The molecule has 0 heterocycles. The molecule has 0 bridgehead atoms. The van der Waals surface area contributed by atoms with Gasteiger partial charge in [0.2, 0.25) is 5.91 Å². The number of hydrogen-bond acceptors (Lipinski definition) is 3. The number of nitrogens with one attached hydrogen (secondary N) is 1. The third-order valence-electron chi connectivity index (χ3n) is 2.99. The van der Waals surface area contributed by atoms with Crippen LogP contribution in [0.15, 0.2) is 0 Å². The van der Waals surface area contributed by atoms with Gasteiger partial charge in [-0.05, 0) is 26.7 Å². The second-order valence-electron chi connectivity index (χ2n) is 4.73. The Labute approximate surface area is 103 Å². The first-order valence-corrected chi connectivity index (χ1v) is 5.88. The fourth-order valence-corrected chi connectivity index (χ4v) is 1.42. The quantitative estimate of drug-likeness (QED) is 0.711. The van der Waals surface area contributed by atoms with Crippen molar-refractivity contribution in [1.29, 1.82) is 0 Å². The molecule has 0 aromatic carbocycles. The van der Waals surface area contributed by atoms with E-state index in [1.54, 1.807) is 13.8 Å². The highest BCUT2D eigenvalue weighted by atomic mass is 16.5. The van der Waals surface area contributed by atoms with Crippen molar-refractivity contribution < 1.29 is 19.4 Å². The van der Waals surface area contributed by atoms with Crippen LogP contribution in [0.4, 0.5) is 0 Å². The summed E-state index contributed by atoms with van der Waals surface area (Å²) >= 11 is 0. The van der Waals surface area contributed by atoms with Gasteiger partial charge in [-0.2, -0.15) is 0 Å². The van der Waals surface area contributed by atoms with Crippen LogP contribution in [0, 0.1) is 5.92 Å². The highest BCUT2D eigenvalue weighted by molar-refractivity contribution is 5.82. The molecule has 0 saturated carbocycles. The maximum atomic E-state index is 11.8. The van der Waals surface area contributed by atoms with E-state index in [1.165, 1.54) is 0 Å². The Bertz CT molecular complexity index is 278. The molecular weight excluding hydrogens is 222 g/mol. The third-order valence-corrected chi connectivity index (χ3v) is 2.99. The van der Waals surface area contributed by atoms with Crippen molar-refractivity contribution in [3.8, 4) is 0 Å². The maximum Gasteiger partial charge on any atom is 0.305 e. The molecule has 0 aliphatic rings. The normalized spacial score (nSPS) is 16.4. The number of hydrogen-bond donors (Lipinski definition) is 2. The lowest BCUT2D eigenvalue weighted by atomic mass is 9.85. The van der Waals surface area contributed by atoms with Crippen molar-refractivity contribution in [1.82, 2.24) is 5.32 Å². The summed E-state index contributed by atoms with van der Waals surface area (Å²) in [5.74, 6) is -1.17. The fourth-order valence-electron chi connectivity index (χ4n) is 1.42. The van der Waals surface area contributed by atoms with E-state index in [2.05, 4.69) is 5.32 Å². The summed E-state index contributed by atoms with van der Waals surface area (Å²) in [4.78, 5) is 22.6. The molecule has 0 aliphatic carbocycles. The first kappa shape index (κ1) is 15.9. The number of amides is 1. The van der Waals surface area contributed by atoms with Crippen molar-refractivity contribution >= 4 is 11.9 Å². The average molecular weight is 245 g/mol. The molecule has 100 valence electrons. The first-order chi connectivity index (χ1) is 7.73. The molecule has 0 rings (SSSR count). The van der Waals surface area contributed by atoms with Crippen LogP contribution in [0.1, 0.15) is 41.0 Å². The van der Waals surface area contributed by atoms with Crippen LogP contribution < -0.4 is 5.32 Å². The van der Waals surface area contributed by atoms with E-state index in [9.17, 15) is 9.59 Å². The lowest BCUT2D eigenvalue weighted by molar-refractivity contribution is -0.141. The predicted molar refractivity (Wildman–Crippen MR) is 64.7 cm³/mol. The van der Waals surface area contributed by atoms with Crippen LogP contribution in [0.5, 0.6) is 0 Å². The summed E-state index contributed by atoms with van der Waals surface area (Å²) < 4.78 is 5.17. The van der Waals surface area contributed by atoms with Crippen molar-refractivity contribution in [2.75, 3.05) is 6.61 Å². The largest absolute Gasteiger partial charge is 0.481 e. The molecule has 0 radical (unpaired) electrons. The van der Waals surface area contributed by atoms with Gasteiger partial charge in [0.1, 0.15) is 6.10 Å². The standard InChI is InChI=1S/C12H23NO4/c1-6-17-9(4)11(16)13-12(5,8(2)3)7-10(14)15/h8-9H,6-7H2,1-5H3,(H,13,16)(H,14,15). The van der Waals surface area contributed by atoms with E-state index in [1.807, 2.05) is 20.8 Å². The molecule has 0 aromatic heterocycles.